The Bertz CT molecular complexity index is 778. The van der Waals surface area contributed by atoms with Gasteiger partial charge < -0.3 is 43.4 Å². The molecule has 6 atom stereocenters. The van der Waals surface area contributed by atoms with Crippen molar-refractivity contribution in [2.24, 2.45) is 5.92 Å². The molecule has 2 heterocycles. The number of hydrogen-bond donors (Lipinski definition) is 2. The lowest BCUT2D eigenvalue weighted by Gasteiger charge is -2.59. The molecule has 134 valence electrons. The van der Waals surface area contributed by atoms with E-state index in [0.717, 1.165) is 30.4 Å². The second-order valence-electron chi connectivity index (χ2n) is 8.12. The third kappa shape index (κ3) is 1.95. The van der Waals surface area contributed by atoms with Crippen molar-refractivity contribution < 1.29 is 43.4 Å². The van der Waals surface area contributed by atoms with Crippen LogP contribution in [0.25, 0.3) is 0 Å². The molecule has 2 aliphatic heterocycles. The summed E-state index contributed by atoms with van der Waals surface area (Å²) in [5.41, 5.74) is 2.25. The highest BCUT2D eigenvalue weighted by Gasteiger charge is 2.67. The molecule has 0 aromatic heterocycles. The summed E-state index contributed by atoms with van der Waals surface area (Å²) < 4.78 is 7.16. The van der Waals surface area contributed by atoms with E-state index in [9.17, 15) is 10.2 Å². The first-order valence-corrected chi connectivity index (χ1v) is 8.85. The predicted octanol–water partition coefficient (Wildman–Crippen LogP) is -1.10. The number of quaternary nitrogens is 1. The summed E-state index contributed by atoms with van der Waals surface area (Å²) in [4.78, 5) is 0. The summed E-state index contributed by atoms with van der Waals surface area (Å²) in [5.74, 6) is 1.15. The number of ether oxygens (including phenoxy) is 1. The van der Waals surface area contributed by atoms with Crippen LogP contribution in [0, 0.1) is 5.92 Å². The minimum atomic E-state index is -0.615. The minimum absolute atomic E-state index is 0. The van der Waals surface area contributed by atoms with Gasteiger partial charge in [0.1, 0.15) is 18.2 Å². The lowest BCUT2D eigenvalue weighted by atomic mass is 9.52. The van der Waals surface area contributed by atoms with E-state index in [1.807, 2.05) is 12.2 Å². The Kier molecular flexibility index (Phi) is 3.80. The number of halogens is 1. The van der Waals surface area contributed by atoms with Crippen molar-refractivity contribution in [1.82, 2.24) is 0 Å². The maximum absolute atomic E-state index is 10.6. The number of nitrogens with zero attached hydrogens (tertiary/aromatic N) is 1. The fourth-order valence-electron chi connectivity index (χ4n) is 6.02. The number of aliphatic hydroxyl groups excluding tert-OH is 1. The highest BCUT2D eigenvalue weighted by molar-refractivity contribution is 5.61. The number of benzene rings is 1. The van der Waals surface area contributed by atoms with Crippen LogP contribution in [0.4, 0.5) is 0 Å². The summed E-state index contributed by atoms with van der Waals surface area (Å²) in [7, 11) is 2.33. The number of phenols is 1. The average Bonchev–Trinajstić information content (AvgIpc) is 2.91. The van der Waals surface area contributed by atoms with Gasteiger partial charge in [-0.25, -0.2) is 0 Å². The molecular weight excluding hydrogens is 429 g/mol. The molecule has 0 saturated carbocycles. The molecule has 25 heavy (non-hydrogen) atoms. The number of aliphatic hydroxyl groups is 1. The van der Waals surface area contributed by atoms with Gasteiger partial charge in [-0.05, 0) is 17.7 Å². The molecule has 5 heteroatoms. The normalized spacial score (nSPS) is 42.2. The van der Waals surface area contributed by atoms with Gasteiger partial charge in [-0.1, -0.05) is 24.8 Å². The first-order valence-electron chi connectivity index (χ1n) is 8.85. The predicted molar refractivity (Wildman–Crippen MR) is 91.1 cm³/mol. The van der Waals surface area contributed by atoms with Gasteiger partial charge in [-0.15, -0.1) is 0 Å². The van der Waals surface area contributed by atoms with Crippen LogP contribution in [-0.2, 0) is 11.8 Å². The molecule has 1 spiro atoms. The summed E-state index contributed by atoms with van der Waals surface area (Å²) in [6.07, 6.45) is 7.20. The molecule has 4 nitrogen and oxygen atoms in total. The Morgan fingerprint density at radius 1 is 1.40 bits per heavy atom. The van der Waals surface area contributed by atoms with E-state index in [4.69, 9.17) is 4.74 Å². The second-order valence-corrected chi connectivity index (χ2v) is 8.12. The molecule has 1 aromatic carbocycles. The molecule has 2 unspecified atom stereocenters. The van der Waals surface area contributed by atoms with Gasteiger partial charge in [-0.3, -0.25) is 0 Å². The average molecular weight is 453 g/mol. The molecule has 2 bridgehead atoms. The zero-order valence-corrected chi connectivity index (χ0v) is 16.5. The molecule has 2 N–H and O–H groups in total. The summed E-state index contributed by atoms with van der Waals surface area (Å²) >= 11 is 0. The van der Waals surface area contributed by atoms with Crippen molar-refractivity contribution in [3.63, 3.8) is 0 Å². The van der Waals surface area contributed by atoms with Gasteiger partial charge in [0.2, 0.25) is 0 Å². The van der Waals surface area contributed by atoms with E-state index in [2.05, 4.69) is 25.8 Å². The first kappa shape index (κ1) is 17.4. The quantitative estimate of drug-likeness (QED) is 0.340. The third-order valence-corrected chi connectivity index (χ3v) is 7.09. The van der Waals surface area contributed by atoms with Crippen LogP contribution in [0.15, 0.2) is 36.9 Å². The molecule has 4 aliphatic rings. The summed E-state index contributed by atoms with van der Waals surface area (Å²) in [5, 5.41) is 20.9. The van der Waals surface area contributed by atoms with E-state index in [0.29, 0.717) is 17.7 Å². The largest absolute Gasteiger partial charge is 1.00 e. The number of likely N-dealkylation sites (N-methyl/N-ethyl adjacent to an activating group) is 1. The lowest BCUT2D eigenvalue weighted by molar-refractivity contribution is -0.938. The Hall–Kier alpha value is -1.05. The van der Waals surface area contributed by atoms with Crippen molar-refractivity contribution in [3.05, 3.63) is 48.1 Å². The maximum Gasteiger partial charge on any atom is 0.165 e. The molecule has 2 aliphatic carbocycles. The van der Waals surface area contributed by atoms with E-state index in [1.54, 1.807) is 6.07 Å². The van der Waals surface area contributed by atoms with Gasteiger partial charge in [0.15, 0.2) is 11.5 Å². The van der Waals surface area contributed by atoms with Crippen molar-refractivity contribution >= 4 is 0 Å². The Labute approximate surface area is 165 Å². The highest BCUT2D eigenvalue weighted by Crippen LogP contribution is 2.63. The number of likely N-dealkylation sites (tertiary alicyclic amines) is 1. The van der Waals surface area contributed by atoms with E-state index in [-0.39, 0.29) is 41.2 Å². The smallest absolute Gasteiger partial charge is 0.165 e. The third-order valence-electron chi connectivity index (χ3n) is 7.09. The molecular formula is C20H24INO3. The van der Waals surface area contributed by atoms with Gasteiger partial charge in [0.05, 0.1) is 25.6 Å². The van der Waals surface area contributed by atoms with Gasteiger partial charge in [-0.2, -0.15) is 0 Å². The Morgan fingerprint density at radius 3 is 2.96 bits per heavy atom. The summed E-state index contributed by atoms with van der Waals surface area (Å²) in [6, 6.07) is 4.25. The molecule has 0 amide bonds. The van der Waals surface area contributed by atoms with Crippen molar-refractivity contribution in [3.8, 4) is 11.5 Å². The number of rotatable bonds is 2. The molecule has 0 radical (unpaired) electrons. The molecule has 5 rings (SSSR count). The molecule has 1 aromatic rings. The lowest BCUT2D eigenvalue weighted by Crippen LogP contribution is -3.00. The van der Waals surface area contributed by atoms with Gasteiger partial charge >= 0.3 is 0 Å². The number of phenolic OH excluding ortho intramolecular Hbond substituents is 1. The molecule has 1 saturated heterocycles. The van der Waals surface area contributed by atoms with Crippen molar-refractivity contribution in [1.29, 1.82) is 0 Å². The fourth-order valence-corrected chi connectivity index (χ4v) is 6.02. The fraction of sp³-hybridized carbons (Fsp3) is 0.500. The van der Waals surface area contributed by atoms with Crippen LogP contribution < -0.4 is 28.7 Å². The standard InChI is InChI=1S/C20H23NO3.HI/c1-3-9-21(2)10-8-20-13-5-7-16(23)19(20)24-18-15(22)6-4-12(17(18)20)11-14(13)21;/h3-7,13-14,16,19,23H,1,8-11H2,2H3;1H/t13?,14-,16+,19+,20+,21?;/m1./s1. The van der Waals surface area contributed by atoms with Crippen molar-refractivity contribution in [2.75, 3.05) is 20.1 Å². The second kappa shape index (κ2) is 5.47. The van der Waals surface area contributed by atoms with Crippen LogP contribution in [-0.4, -0.2) is 53.1 Å². The Balaban J connectivity index is 0.00000157. The van der Waals surface area contributed by atoms with Crippen LogP contribution >= 0.6 is 0 Å². The van der Waals surface area contributed by atoms with Crippen LogP contribution in [0.3, 0.4) is 0 Å². The first-order chi connectivity index (χ1) is 11.5. The van der Waals surface area contributed by atoms with Crippen LogP contribution in [0.2, 0.25) is 0 Å². The SMILES string of the molecule is C=CC[N+]1(C)CC[C@]23c4c5ccc(O)c4O[C@H]2[C@@H](O)C=CC3[C@H]1C5.[I-]. The van der Waals surface area contributed by atoms with E-state index >= 15 is 0 Å². The maximum atomic E-state index is 10.6. The number of piperidine rings is 1. The van der Waals surface area contributed by atoms with Crippen LogP contribution in [0.1, 0.15) is 17.5 Å². The topological polar surface area (TPSA) is 49.7 Å². The zero-order valence-electron chi connectivity index (χ0n) is 14.4. The molecule has 1 fully saturated rings. The highest BCUT2D eigenvalue weighted by atomic mass is 127. The van der Waals surface area contributed by atoms with E-state index in [1.165, 1.54) is 11.1 Å². The van der Waals surface area contributed by atoms with Gasteiger partial charge in [0, 0.05) is 24.3 Å². The van der Waals surface area contributed by atoms with Crippen molar-refractivity contribution in [2.45, 2.75) is 36.5 Å². The number of hydrogen-bond acceptors (Lipinski definition) is 3. The minimum Gasteiger partial charge on any atom is -1.00 e. The van der Waals surface area contributed by atoms with Gasteiger partial charge in [0.25, 0.3) is 0 Å². The Morgan fingerprint density at radius 2 is 2.20 bits per heavy atom. The number of aromatic hydroxyl groups is 1. The summed E-state index contributed by atoms with van der Waals surface area (Å²) in [6.45, 7) is 5.97. The van der Waals surface area contributed by atoms with Crippen LogP contribution in [0.5, 0.6) is 11.5 Å². The monoisotopic (exact) mass is 453 g/mol. The van der Waals surface area contributed by atoms with E-state index < -0.39 is 6.10 Å². The zero-order chi connectivity index (χ0) is 16.7.